The minimum absolute atomic E-state index is 0.0357. The summed E-state index contributed by atoms with van der Waals surface area (Å²) < 4.78 is 0. The van der Waals surface area contributed by atoms with Crippen LogP contribution in [0.25, 0.3) is 0 Å². The quantitative estimate of drug-likeness (QED) is 0.628. The molecule has 30 heavy (non-hydrogen) atoms. The maximum Gasteiger partial charge on any atom is 0.234 e. The summed E-state index contributed by atoms with van der Waals surface area (Å²) >= 11 is 1.38. The van der Waals surface area contributed by atoms with E-state index in [-0.39, 0.29) is 5.91 Å². The first-order valence-corrected chi connectivity index (χ1v) is 12.1. The van der Waals surface area contributed by atoms with Gasteiger partial charge in [-0.2, -0.15) is 0 Å². The van der Waals surface area contributed by atoms with Crippen LogP contribution in [0.15, 0.2) is 29.4 Å². The van der Waals surface area contributed by atoms with Crippen LogP contribution >= 0.6 is 11.8 Å². The van der Waals surface area contributed by atoms with Gasteiger partial charge in [0.25, 0.3) is 0 Å². The second-order valence-corrected chi connectivity index (χ2v) is 9.17. The third-order valence-corrected chi connectivity index (χ3v) is 6.98. The van der Waals surface area contributed by atoms with E-state index in [1.54, 1.807) is 0 Å². The molecule has 0 radical (unpaired) electrons. The molecule has 0 spiro atoms. The Morgan fingerprint density at radius 3 is 2.60 bits per heavy atom. The number of thioether (sulfide) groups is 1. The van der Waals surface area contributed by atoms with Crippen LogP contribution in [0.3, 0.4) is 0 Å². The average Bonchev–Trinajstić information content (AvgIpc) is 3.45. The number of nitrogens with one attached hydrogen (secondary N) is 2. The number of piperazine rings is 1. The molecule has 8 heteroatoms. The fraction of sp³-hybridized carbons (Fsp3) is 0.591. The number of rotatable bonds is 8. The van der Waals surface area contributed by atoms with Crippen LogP contribution in [0, 0.1) is 5.92 Å². The van der Waals surface area contributed by atoms with Crippen molar-refractivity contribution < 1.29 is 4.79 Å². The predicted octanol–water partition coefficient (Wildman–Crippen LogP) is 3.41. The van der Waals surface area contributed by atoms with E-state index < -0.39 is 0 Å². The largest absolute Gasteiger partial charge is 0.369 e. The third-order valence-electron chi connectivity index (χ3n) is 6.14. The fourth-order valence-electron chi connectivity index (χ4n) is 4.33. The van der Waals surface area contributed by atoms with E-state index in [1.807, 2.05) is 12.1 Å². The minimum Gasteiger partial charge on any atom is -0.369 e. The molecule has 162 valence electrons. The summed E-state index contributed by atoms with van der Waals surface area (Å²) in [6.07, 6.45) is 6.21. The van der Waals surface area contributed by atoms with Crippen molar-refractivity contribution in [2.75, 3.05) is 48.7 Å². The number of hydrogen-bond acceptors (Lipinski definition) is 6. The van der Waals surface area contributed by atoms with Crippen molar-refractivity contribution in [1.29, 1.82) is 0 Å². The lowest BCUT2D eigenvalue weighted by molar-refractivity contribution is -0.113. The number of hydrogen-bond donors (Lipinski definition) is 2. The van der Waals surface area contributed by atoms with Crippen LogP contribution in [-0.2, 0) is 11.2 Å². The van der Waals surface area contributed by atoms with E-state index in [2.05, 4.69) is 49.4 Å². The van der Waals surface area contributed by atoms with Gasteiger partial charge in [0.1, 0.15) is 5.82 Å². The molecule has 2 aliphatic rings. The van der Waals surface area contributed by atoms with Gasteiger partial charge in [-0.15, -0.1) is 5.10 Å². The fourth-order valence-corrected chi connectivity index (χ4v) is 4.94. The molecular weight excluding hydrogens is 396 g/mol. The zero-order valence-corrected chi connectivity index (χ0v) is 18.6. The molecule has 1 aliphatic heterocycles. The van der Waals surface area contributed by atoms with Gasteiger partial charge in [0, 0.05) is 44.0 Å². The van der Waals surface area contributed by atoms with E-state index in [1.165, 1.54) is 43.1 Å². The maximum absolute atomic E-state index is 12.3. The number of carbonyl (C=O) groups excluding carboxylic acids is 1. The maximum atomic E-state index is 12.3. The summed E-state index contributed by atoms with van der Waals surface area (Å²) in [5.41, 5.74) is 2.04. The number of likely N-dealkylation sites (N-methyl/N-ethyl adjacent to an activating group) is 1. The SMILES string of the molecule is CCN1CCN(c2ccc(NC(=O)CSc3n[nH]c(CC4CCCC4)n3)cc2)CC1. The molecule has 2 heterocycles. The summed E-state index contributed by atoms with van der Waals surface area (Å²) in [7, 11) is 0. The number of anilines is 2. The highest BCUT2D eigenvalue weighted by molar-refractivity contribution is 7.99. The second kappa shape index (κ2) is 10.3. The Bertz CT molecular complexity index is 809. The van der Waals surface area contributed by atoms with Crippen molar-refractivity contribution >= 4 is 29.0 Å². The molecular formula is C22H32N6OS. The van der Waals surface area contributed by atoms with Crippen molar-refractivity contribution in [3.05, 3.63) is 30.1 Å². The van der Waals surface area contributed by atoms with Gasteiger partial charge in [-0.05, 0) is 36.7 Å². The molecule has 1 aliphatic carbocycles. The number of H-pyrrole nitrogens is 1. The molecule has 4 rings (SSSR count). The standard InChI is InChI=1S/C22H32N6OS/c1-2-27-11-13-28(14-12-27)19-9-7-18(8-10-19)23-21(29)16-30-22-24-20(25-26-22)15-17-5-3-4-6-17/h7-10,17H,2-6,11-16H2,1H3,(H,23,29)(H,24,25,26). The minimum atomic E-state index is -0.0357. The number of aromatic amines is 1. The molecule has 2 fully saturated rings. The molecule has 1 aromatic carbocycles. The van der Waals surface area contributed by atoms with Gasteiger partial charge in [0.05, 0.1) is 5.75 Å². The number of benzene rings is 1. The number of aromatic nitrogens is 3. The molecule has 1 saturated carbocycles. The van der Waals surface area contributed by atoms with Gasteiger partial charge in [0.2, 0.25) is 11.1 Å². The monoisotopic (exact) mass is 428 g/mol. The first-order chi connectivity index (χ1) is 14.7. The van der Waals surface area contributed by atoms with E-state index >= 15 is 0 Å². The molecule has 2 aromatic rings. The van der Waals surface area contributed by atoms with E-state index in [9.17, 15) is 4.79 Å². The Labute approximate surface area is 183 Å². The number of nitrogens with zero attached hydrogens (tertiary/aromatic N) is 4. The lowest BCUT2D eigenvalue weighted by Crippen LogP contribution is -2.46. The van der Waals surface area contributed by atoms with Crippen molar-refractivity contribution in [2.45, 2.75) is 44.2 Å². The zero-order chi connectivity index (χ0) is 20.8. The van der Waals surface area contributed by atoms with Crippen LogP contribution in [0.2, 0.25) is 0 Å². The number of amides is 1. The van der Waals surface area contributed by atoms with Crippen LogP contribution in [0.5, 0.6) is 0 Å². The lowest BCUT2D eigenvalue weighted by Gasteiger charge is -2.35. The summed E-state index contributed by atoms with van der Waals surface area (Å²) in [6, 6.07) is 8.15. The molecule has 1 aromatic heterocycles. The number of carbonyl (C=O) groups is 1. The van der Waals surface area contributed by atoms with Crippen molar-refractivity contribution in [1.82, 2.24) is 20.1 Å². The first-order valence-electron chi connectivity index (χ1n) is 11.1. The smallest absolute Gasteiger partial charge is 0.234 e. The molecule has 1 amide bonds. The Hall–Kier alpha value is -2.06. The van der Waals surface area contributed by atoms with Gasteiger partial charge in [-0.25, -0.2) is 4.98 Å². The summed E-state index contributed by atoms with van der Waals surface area (Å²) in [6.45, 7) is 7.65. The molecule has 1 saturated heterocycles. The van der Waals surface area contributed by atoms with Crippen LogP contribution in [-0.4, -0.2) is 64.5 Å². The summed E-state index contributed by atoms with van der Waals surface area (Å²) in [5, 5.41) is 10.9. The van der Waals surface area contributed by atoms with Gasteiger partial charge in [-0.3, -0.25) is 9.89 Å². The van der Waals surface area contributed by atoms with Crippen molar-refractivity contribution in [2.24, 2.45) is 5.92 Å². The van der Waals surface area contributed by atoms with E-state index in [0.29, 0.717) is 10.9 Å². The van der Waals surface area contributed by atoms with Gasteiger partial charge in [-0.1, -0.05) is 44.4 Å². The molecule has 0 unspecified atom stereocenters. The summed E-state index contributed by atoms with van der Waals surface area (Å²) in [4.78, 5) is 21.7. The predicted molar refractivity (Wildman–Crippen MR) is 122 cm³/mol. The van der Waals surface area contributed by atoms with Gasteiger partial charge in [0.15, 0.2) is 0 Å². The van der Waals surface area contributed by atoms with Crippen LogP contribution in [0.1, 0.15) is 38.4 Å². The van der Waals surface area contributed by atoms with Crippen LogP contribution in [0.4, 0.5) is 11.4 Å². The molecule has 2 N–H and O–H groups in total. The Kier molecular flexibility index (Phi) is 7.28. The average molecular weight is 429 g/mol. The lowest BCUT2D eigenvalue weighted by atomic mass is 10.0. The third kappa shape index (κ3) is 5.76. The Balaban J connectivity index is 1.21. The first kappa shape index (κ1) is 21.2. The Morgan fingerprint density at radius 2 is 1.90 bits per heavy atom. The van der Waals surface area contributed by atoms with Crippen molar-refractivity contribution in [3.63, 3.8) is 0 Å². The topological polar surface area (TPSA) is 77.1 Å². The highest BCUT2D eigenvalue weighted by atomic mass is 32.2. The van der Waals surface area contributed by atoms with E-state index in [0.717, 1.165) is 56.6 Å². The molecule has 0 bridgehead atoms. The van der Waals surface area contributed by atoms with Gasteiger partial charge >= 0.3 is 0 Å². The van der Waals surface area contributed by atoms with Crippen molar-refractivity contribution in [3.8, 4) is 0 Å². The second-order valence-electron chi connectivity index (χ2n) is 8.22. The van der Waals surface area contributed by atoms with E-state index in [4.69, 9.17) is 0 Å². The molecule has 7 nitrogen and oxygen atoms in total. The summed E-state index contributed by atoms with van der Waals surface area (Å²) in [5.74, 6) is 1.95. The molecule has 0 atom stereocenters. The highest BCUT2D eigenvalue weighted by Crippen LogP contribution is 2.27. The Morgan fingerprint density at radius 1 is 1.17 bits per heavy atom. The van der Waals surface area contributed by atoms with Crippen LogP contribution < -0.4 is 10.2 Å². The zero-order valence-electron chi connectivity index (χ0n) is 17.8. The normalized spacial score (nSPS) is 18.1. The van der Waals surface area contributed by atoms with Gasteiger partial charge < -0.3 is 15.1 Å². The highest BCUT2D eigenvalue weighted by Gasteiger charge is 2.18.